The molecule has 2 aromatic rings. The maximum Gasteiger partial charge on any atom is 0.152 e. The summed E-state index contributed by atoms with van der Waals surface area (Å²) in [7, 11) is 0. The van der Waals surface area contributed by atoms with E-state index in [4.69, 9.17) is 11.6 Å². The van der Waals surface area contributed by atoms with Gasteiger partial charge in [-0.05, 0) is 42.7 Å². The first-order chi connectivity index (χ1) is 8.56. The number of anilines is 1. The monoisotopic (exact) mass is 264 g/mol. The molecule has 4 heteroatoms. The SMILES string of the molecule is Cc1cnc(Cl)c(NCc2ccc(F)c(C)c2)c1. The van der Waals surface area contributed by atoms with Crippen LogP contribution in [0.2, 0.25) is 5.15 Å². The van der Waals surface area contributed by atoms with Crippen LogP contribution in [0, 0.1) is 19.7 Å². The number of pyridine rings is 1. The second kappa shape index (κ2) is 5.36. The van der Waals surface area contributed by atoms with Gasteiger partial charge in [0.1, 0.15) is 5.82 Å². The third-order valence-electron chi connectivity index (χ3n) is 2.68. The number of nitrogens with one attached hydrogen (secondary N) is 1. The van der Waals surface area contributed by atoms with Gasteiger partial charge in [-0.3, -0.25) is 0 Å². The van der Waals surface area contributed by atoms with E-state index in [0.717, 1.165) is 16.8 Å². The van der Waals surface area contributed by atoms with Crippen LogP contribution in [-0.2, 0) is 6.54 Å². The lowest BCUT2D eigenvalue weighted by atomic mass is 10.1. The number of hydrogen-bond donors (Lipinski definition) is 1. The van der Waals surface area contributed by atoms with Gasteiger partial charge in [0.05, 0.1) is 5.69 Å². The number of nitrogens with zero attached hydrogens (tertiary/aromatic N) is 1. The van der Waals surface area contributed by atoms with Gasteiger partial charge in [-0.1, -0.05) is 23.7 Å². The molecule has 0 aliphatic carbocycles. The molecule has 18 heavy (non-hydrogen) atoms. The number of aromatic nitrogens is 1. The standard InChI is InChI=1S/C14H14ClFN2/c1-9-5-13(14(15)18-7-9)17-8-11-3-4-12(16)10(2)6-11/h3-7,17H,8H2,1-2H3. The van der Waals surface area contributed by atoms with E-state index in [0.29, 0.717) is 17.3 Å². The van der Waals surface area contributed by atoms with Crippen molar-refractivity contribution in [3.63, 3.8) is 0 Å². The third kappa shape index (κ3) is 2.99. The summed E-state index contributed by atoms with van der Waals surface area (Å²) in [5.41, 5.74) is 3.48. The Morgan fingerprint density at radius 2 is 2.06 bits per heavy atom. The van der Waals surface area contributed by atoms with Crippen LogP contribution in [0.15, 0.2) is 30.5 Å². The Balaban J connectivity index is 2.11. The highest BCUT2D eigenvalue weighted by Crippen LogP contribution is 2.20. The zero-order chi connectivity index (χ0) is 13.1. The molecule has 1 heterocycles. The second-order valence-corrected chi connectivity index (χ2v) is 4.65. The molecule has 0 saturated carbocycles. The van der Waals surface area contributed by atoms with E-state index in [1.807, 2.05) is 19.1 Å². The minimum absolute atomic E-state index is 0.186. The third-order valence-corrected chi connectivity index (χ3v) is 2.98. The van der Waals surface area contributed by atoms with Gasteiger partial charge in [0.2, 0.25) is 0 Å². The van der Waals surface area contributed by atoms with Gasteiger partial charge in [0, 0.05) is 12.7 Å². The molecule has 0 amide bonds. The topological polar surface area (TPSA) is 24.9 Å². The van der Waals surface area contributed by atoms with Crippen molar-refractivity contribution in [1.29, 1.82) is 0 Å². The van der Waals surface area contributed by atoms with Crippen molar-refractivity contribution >= 4 is 17.3 Å². The Labute approximate surface area is 111 Å². The van der Waals surface area contributed by atoms with E-state index >= 15 is 0 Å². The molecule has 2 rings (SSSR count). The van der Waals surface area contributed by atoms with E-state index in [1.165, 1.54) is 6.07 Å². The van der Waals surface area contributed by atoms with Crippen molar-refractivity contribution in [1.82, 2.24) is 4.98 Å². The quantitative estimate of drug-likeness (QED) is 0.844. The number of halogens is 2. The van der Waals surface area contributed by atoms with E-state index in [-0.39, 0.29) is 5.82 Å². The zero-order valence-electron chi connectivity index (χ0n) is 10.3. The summed E-state index contributed by atoms with van der Waals surface area (Å²) >= 11 is 5.99. The van der Waals surface area contributed by atoms with Crippen LogP contribution >= 0.6 is 11.6 Å². The van der Waals surface area contributed by atoms with Crippen LogP contribution in [0.25, 0.3) is 0 Å². The summed E-state index contributed by atoms with van der Waals surface area (Å²) < 4.78 is 13.1. The summed E-state index contributed by atoms with van der Waals surface area (Å²) in [5, 5.41) is 3.64. The molecule has 1 N–H and O–H groups in total. The molecule has 0 saturated heterocycles. The Hall–Kier alpha value is -1.61. The fraction of sp³-hybridized carbons (Fsp3) is 0.214. The van der Waals surface area contributed by atoms with Gasteiger partial charge in [-0.15, -0.1) is 0 Å². The summed E-state index contributed by atoms with van der Waals surface area (Å²) in [6.45, 7) is 4.29. The van der Waals surface area contributed by atoms with Crippen molar-refractivity contribution in [2.24, 2.45) is 0 Å². The summed E-state index contributed by atoms with van der Waals surface area (Å²) in [4.78, 5) is 4.07. The van der Waals surface area contributed by atoms with E-state index in [1.54, 1.807) is 19.2 Å². The molecule has 0 atom stereocenters. The lowest BCUT2D eigenvalue weighted by Crippen LogP contribution is -2.02. The summed E-state index contributed by atoms with van der Waals surface area (Å²) in [6.07, 6.45) is 1.72. The van der Waals surface area contributed by atoms with Gasteiger partial charge in [0.25, 0.3) is 0 Å². The molecule has 0 bridgehead atoms. The highest BCUT2D eigenvalue weighted by Gasteiger charge is 2.03. The minimum Gasteiger partial charge on any atom is -0.378 e. The predicted octanol–water partition coefficient (Wildman–Crippen LogP) is 4.10. The van der Waals surface area contributed by atoms with Gasteiger partial charge in [-0.2, -0.15) is 0 Å². The molecule has 0 fully saturated rings. The minimum atomic E-state index is -0.186. The van der Waals surface area contributed by atoms with Crippen LogP contribution in [0.3, 0.4) is 0 Å². The number of rotatable bonds is 3. The Morgan fingerprint density at radius 1 is 1.28 bits per heavy atom. The number of hydrogen-bond acceptors (Lipinski definition) is 2. The fourth-order valence-electron chi connectivity index (χ4n) is 1.69. The van der Waals surface area contributed by atoms with Crippen LogP contribution < -0.4 is 5.32 Å². The summed E-state index contributed by atoms with van der Waals surface area (Å²) in [5.74, 6) is -0.186. The average molecular weight is 265 g/mol. The van der Waals surface area contributed by atoms with Crippen LogP contribution in [0.4, 0.5) is 10.1 Å². The molecule has 94 valence electrons. The van der Waals surface area contributed by atoms with E-state index < -0.39 is 0 Å². The lowest BCUT2D eigenvalue weighted by Gasteiger charge is -2.09. The van der Waals surface area contributed by atoms with E-state index in [9.17, 15) is 4.39 Å². The van der Waals surface area contributed by atoms with Crippen molar-refractivity contribution in [2.75, 3.05) is 5.32 Å². The highest BCUT2D eigenvalue weighted by molar-refractivity contribution is 6.31. The fourth-order valence-corrected chi connectivity index (χ4v) is 1.86. The normalized spacial score (nSPS) is 10.4. The van der Waals surface area contributed by atoms with Gasteiger partial charge < -0.3 is 5.32 Å². The van der Waals surface area contributed by atoms with Crippen molar-refractivity contribution in [3.8, 4) is 0 Å². The molecule has 0 aliphatic rings. The average Bonchev–Trinajstić information content (AvgIpc) is 2.34. The van der Waals surface area contributed by atoms with Crippen LogP contribution in [0.1, 0.15) is 16.7 Å². The largest absolute Gasteiger partial charge is 0.378 e. The molecule has 0 radical (unpaired) electrons. The predicted molar refractivity (Wildman–Crippen MR) is 72.4 cm³/mol. The second-order valence-electron chi connectivity index (χ2n) is 4.29. The molecule has 0 spiro atoms. The van der Waals surface area contributed by atoms with Crippen molar-refractivity contribution in [2.45, 2.75) is 20.4 Å². The Kier molecular flexibility index (Phi) is 3.82. The Morgan fingerprint density at radius 3 is 2.78 bits per heavy atom. The van der Waals surface area contributed by atoms with Crippen molar-refractivity contribution in [3.05, 3.63) is 58.1 Å². The number of aryl methyl sites for hydroxylation is 2. The maximum absolute atomic E-state index is 13.1. The maximum atomic E-state index is 13.1. The smallest absolute Gasteiger partial charge is 0.152 e. The van der Waals surface area contributed by atoms with Crippen molar-refractivity contribution < 1.29 is 4.39 Å². The summed E-state index contributed by atoms with van der Waals surface area (Å²) in [6, 6.07) is 6.99. The first-order valence-corrected chi connectivity index (χ1v) is 6.05. The molecule has 1 aromatic heterocycles. The molecule has 0 unspecified atom stereocenters. The Bertz CT molecular complexity index is 570. The first-order valence-electron chi connectivity index (χ1n) is 5.67. The molecule has 2 nitrogen and oxygen atoms in total. The molecular weight excluding hydrogens is 251 g/mol. The lowest BCUT2D eigenvalue weighted by molar-refractivity contribution is 0.617. The van der Waals surface area contributed by atoms with Gasteiger partial charge >= 0.3 is 0 Å². The van der Waals surface area contributed by atoms with Crippen LogP contribution in [-0.4, -0.2) is 4.98 Å². The van der Waals surface area contributed by atoms with Gasteiger partial charge in [-0.25, -0.2) is 9.37 Å². The van der Waals surface area contributed by atoms with E-state index in [2.05, 4.69) is 10.3 Å². The molecule has 1 aromatic carbocycles. The zero-order valence-corrected chi connectivity index (χ0v) is 11.1. The first kappa shape index (κ1) is 12.8. The highest BCUT2D eigenvalue weighted by atomic mass is 35.5. The van der Waals surface area contributed by atoms with Gasteiger partial charge in [0.15, 0.2) is 5.15 Å². The molecule has 0 aliphatic heterocycles. The number of benzene rings is 1. The van der Waals surface area contributed by atoms with Crippen LogP contribution in [0.5, 0.6) is 0 Å². The molecular formula is C14H14ClFN2.